The van der Waals surface area contributed by atoms with E-state index in [4.69, 9.17) is 14.2 Å². The van der Waals surface area contributed by atoms with E-state index in [2.05, 4.69) is 0 Å². The van der Waals surface area contributed by atoms with Gasteiger partial charge in [-0.05, 0) is 45.2 Å². The normalized spacial score (nSPS) is 20.4. The standard InChI is InChI=1S/C19H25NO5/c1-19(2,3)25-18(22)20-9-11-23-12-15(20)16(21)14-8-4-6-13-7-5-10-24-17(13)14/h4,6,8,15H,5,7,9-12H2,1-3H3. The van der Waals surface area contributed by atoms with Gasteiger partial charge in [-0.15, -0.1) is 0 Å². The minimum absolute atomic E-state index is 0.163. The van der Waals surface area contributed by atoms with Crippen molar-refractivity contribution in [1.82, 2.24) is 4.90 Å². The average Bonchev–Trinajstić information content (AvgIpc) is 2.59. The number of nitrogens with zero attached hydrogens (tertiary/aromatic N) is 1. The summed E-state index contributed by atoms with van der Waals surface area (Å²) in [6.07, 6.45) is 1.36. The van der Waals surface area contributed by atoms with Crippen LogP contribution in [-0.2, 0) is 15.9 Å². The molecular weight excluding hydrogens is 322 g/mol. The molecule has 1 amide bonds. The van der Waals surface area contributed by atoms with E-state index in [0.717, 1.165) is 18.4 Å². The van der Waals surface area contributed by atoms with E-state index in [1.54, 1.807) is 6.07 Å². The van der Waals surface area contributed by atoms with Crippen LogP contribution in [0.15, 0.2) is 18.2 Å². The van der Waals surface area contributed by atoms with Gasteiger partial charge < -0.3 is 14.2 Å². The van der Waals surface area contributed by atoms with E-state index in [9.17, 15) is 9.59 Å². The molecule has 25 heavy (non-hydrogen) atoms. The van der Waals surface area contributed by atoms with Gasteiger partial charge in [-0.3, -0.25) is 9.69 Å². The monoisotopic (exact) mass is 347 g/mol. The molecule has 2 aliphatic heterocycles. The van der Waals surface area contributed by atoms with Crippen LogP contribution in [0.2, 0.25) is 0 Å². The van der Waals surface area contributed by atoms with E-state index in [0.29, 0.717) is 31.1 Å². The smallest absolute Gasteiger partial charge is 0.411 e. The number of carbonyl (C=O) groups excluding carboxylic acids is 2. The largest absolute Gasteiger partial charge is 0.493 e. The van der Waals surface area contributed by atoms with Gasteiger partial charge in [0.15, 0.2) is 5.78 Å². The SMILES string of the molecule is CC(C)(C)OC(=O)N1CCOCC1C(=O)c1cccc2c1OCCC2. The zero-order valence-electron chi connectivity index (χ0n) is 15.0. The number of carbonyl (C=O) groups is 2. The number of ketones is 1. The molecule has 3 rings (SSSR count). The molecule has 1 unspecified atom stereocenters. The highest BCUT2D eigenvalue weighted by molar-refractivity contribution is 6.04. The molecule has 0 aliphatic carbocycles. The summed E-state index contributed by atoms with van der Waals surface area (Å²) in [5.74, 6) is 0.484. The van der Waals surface area contributed by atoms with Crippen LogP contribution < -0.4 is 4.74 Å². The molecule has 1 saturated heterocycles. The highest BCUT2D eigenvalue weighted by Crippen LogP contribution is 2.31. The summed E-state index contributed by atoms with van der Waals surface area (Å²) in [4.78, 5) is 27.1. The van der Waals surface area contributed by atoms with Crippen molar-refractivity contribution in [2.45, 2.75) is 45.3 Å². The van der Waals surface area contributed by atoms with Crippen LogP contribution in [-0.4, -0.2) is 54.8 Å². The molecule has 1 aromatic rings. The Labute approximate surface area is 148 Å². The molecule has 0 spiro atoms. The Morgan fingerprint density at radius 1 is 1.24 bits per heavy atom. The van der Waals surface area contributed by atoms with Crippen LogP contribution in [0.25, 0.3) is 0 Å². The number of Topliss-reactive ketones (excluding diaryl/α,β-unsaturated/α-hetero) is 1. The second kappa shape index (κ2) is 7.04. The number of rotatable bonds is 2. The van der Waals surface area contributed by atoms with Gasteiger partial charge in [0.25, 0.3) is 0 Å². The Morgan fingerprint density at radius 2 is 2.04 bits per heavy atom. The highest BCUT2D eigenvalue weighted by Gasteiger charge is 2.37. The molecule has 0 N–H and O–H groups in total. The van der Waals surface area contributed by atoms with Crippen molar-refractivity contribution >= 4 is 11.9 Å². The minimum atomic E-state index is -0.694. The second-order valence-electron chi connectivity index (χ2n) is 7.37. The van der Waals surface area contributed by atoms with Crippen LogP contribution in [0.5, 0.6) is 5.75 Å². The van der Waals surface area contributed by atoms with Crippen molar-refractivity contribution in [3.8, 4) is 5.75 Å². The Morgan fingerprint density at radius 3 is 2.80 bits per heavy atom. The maximum Gasteiger partial charge on any atom is 0.411 e. The number of para-hydroxylation sites is 1. The highest BCUT2D eigenvalue weighted by atomic mass is 16.6. The molecule has 2 aliphatic rings. The number of fused-ring (bicyclic) bond motifs is 1. The fourth-order valence-electron chi connectivity index (χ4n) is 3.12. The summed E-state index contributed by atoms with van der Waals surface area (Å²) in [6.45, 7) is 6.93. The number of morpholine rings is 1. The lowest BCUT2D eigenvalue weighted by atomic mass is 9.96. The molecule has 6 nitrogen and oxygen atoms in total. The number of ether oxygens (including phenoxy) is 3. The fourth-order valence-corrected chi connectivity index (χ4v) is 3.12. The zero-order valence-corrected chi connectivity index (χ0v) is 15.0. The summed E-state index contributed by atoms with van der Waals surface area (Å²) in [7, 11) is 0. The first-order valence-electron chi connectivity index (χ1n) is 8.73. The van der Waals surface area contributed by atoms with Gasteiger partial charge >= 0.3 is 6.09 Å². The number of hydrogen-bond acceptors (Lipinski definition) is 5. The molecule has 0 aromatic heterocycles. The first-order chi connectivity index (χ1) is 11.9. The molecule has 1 atom stereocenters. The lowest BCUT2D eigenvalue weighted by Crippen LogP contribution is -2.53. The third-order valence-corrected chi connectivity index (χ3v) is 4.26. The molecule has 0 radical (unpaired) electrons. The Hall–Kier alpha value is -2.08. The molecule has 1 aromatic carbocycles. The Kier molecular flexibility index (Phi) is 4.99. The van der Waals surface area contributed by atoms with Gasteiger partial charge in [-0.2, -0.15) is 0 Å². The van der Waals surface area contributed by atoms with Crippen molar-refractivity contribution in [3.05, 3.63) is 29.3 Å². The van der Waals surface area contributed by atoms with E-state index in [1.807, 2.05) is 32.9 Å². The first kappa shape index (κ1) is 17.7. The van der Waals surface area contributed by atoms with Crippen molar-refractivity contribution in [2.75, 3.05) is 26.4 Å². The summed E-state index contributed by atoms with van der Waals surface area (Å²) < 4.78 is 16.7. The molecule has 0 saturated carbocycles. The summed E-state index contributed by atoms with van der Waals surface area (Å²) >= 11 is 0. The first-order valence-corrected chi connectivity index (χ1v) is 8.73. The third kappa shape index (κ3) is 3.95. The Bertz CT molecular complexity index is 664. The lowest BCUT2D eigenvalue weighted by molar-refractivity contribution is -0.0266. The summed E-state index contributed by atoms with van der Waals surface area (Å²) in [5.41, 5.74) is 0.941. The lowest BCUT2D eigenvalue weighted by Gasteiger charge is -2.36. The van der Waals surface area contributed by atoms with E-state index >= 15 is 0 Å². The van der Waals surface area contributed by atoms with Crippen LogP contribution in [0, 0.1) is 0 Å². The predicted molar refractivity (Wildman–Crippen MR) is 92.1 cm³/mol. The molecule has 0 bridgehead atoms. The second-order valence-corrected chi connectivity index (χ2v) is 7.37. The minimum Gasteiger partial charge on any atom is -0.493 e. The van der Waals surface area contributed by atoms with Crippen LogP contribution in [0.1, 0.15) is 43.1 Å². The number of benzene rings is 1. The molecule has 2 heterocycles. The van der Waals surface area contributed by atoms with Crippen molar-refractivity contribution in [2.24, 2.45) is 0 Å². The molecule has 6 heteroatoms. The Balaban J connectivity index is 1.86. The van der Waals surface area contributed by atoms with Gasteiger partial charge in [0.2, 0.25) is 0 Å². The van der Waals surface area contributed by atoms with Crippen molar-refractivity contribution < 1.29 is 23.8 Å². The van der Waals surface area contributed by atoms with Gasteiger partial charge in [0.05, 0.1) is 25.4 Å². The average molecular weight is 347 g/mol. The molecule has 136 valence electrons. The van der Waals surface area contributed by atoms with Crippen LogP contribution in [0.3, 0.4) is 0 Å². The van der Waals surface area contributed by atoms with E-state index < -0.39 is 17.7 Å². The number of hydrogen-bond donors (Lipinski definition) is 0. The van der Waals surface area contributed by atoms with Gasteiger partial charge in [0, 0.05) is 6.54 Å². The van der Waals surface area contributed by atoms with Gasteiger partial charge in [-0.25, -0.2) is 4.79 Å². The van der Waals surface area contributed by atoms with Crippen molar-refractivity contribution in [1.29, 1.82) is 0 Å². The molecular formula is C19H25NO5. The zero-order chi connectivity index (χ0) is 18.0. The molecule has 1 fully saturated rings. The van der Waals surface area contributed by atoms with Crippen molar-refractivity contribution in [3.63, 3.8) is 0 Å². The predicted octanol–water partition coefficient (Wildman–Crippen LogP) is 2.83. The summed E-state index contributed by atoms with van der Waals surface area (Å²) in [5, 5.41) is 0. The maximum absolute atomic E-state index is 13.1. The van der Waals surface area contributed by atoms with Gasteiger partial charge in [-0.1, -0.05) is 12.1 Å². The fraction of sp³-hybridized carbons (Fsp3) is 0.579. The number of aryl methyl sites for hydroxylation is 1. The number of amides is 1. The quantitative estimate of drug-likeness (QED) is 0.770. The summed E-state index contributed by atoms with van der Waals surface area (Å²) in [6, 6.07) is 4.91. The van der Waals surface area contributed by atoms with Crippen LogP contribution in [0.4, 0.5) is 4.79 Å². The van der Waals surface area contributed by atoms with E-state index in [1.165, 1.54) is 4.90 Å². The van der Waals surface area contributed by atoms with Crippen LogP contribution >= 0.6 is 0 Å². The topological polar surface area (TPSA) is 65.1 Å². The van der Waals surface area contributed by atoms with Gasteiger partial charge in [0.1, 0.15) is 17.4 Å². The third-order valence-electron chi connectivity index (χ3n) is 4.26. The maximum atomic E-state index is 13.1. The van der Waals surface area contributed by atoms with E-state index in [-0.39, 0.29) is 12.4 Å².